The van der Waals surface area contributed by atoms with Gasteiger partial charge in [-0.05, 0) is 26.0 Å². The van der Waals surface area contributed by atoms with E-state index in [1.54, 1.807) is 24.4 Å². The number of hydrogen-bond donors (Lipinski definition) is 1. The lowest BCUT2D eigenvalue weighted by Gasteiger charge is -2.10. The Labute approximate surface area is 101 Å². The van der Waals surface area contributed by atoms with Crippen LogP contribution in [0.5, 0.6) is 0 Å². The molecule has 0 amide bonds. The summed E-state index contributed by atoms with van der Waals surface area (Å²) in [6, 6.07) is 4.67. The number of nitrogens with one attached hydrogen (secondary N) is 1. The van der Waals surface area contributed by atoms with E-state index in [1.165, 1.54) is 13.8 Å². The molecule has 0 spiro atoms. The molecular formula is C11H16N2O3S. The van der Waals surface area contributed by atoms with Gasteiger partial charge in [0, 0.05) is 18.3 Å². The number of pyridine rings is 1. The highest BCUT2D eigenvalue weighted by Crippen LogP contribution is 1.99. The number of nitrogens with zero attached hydrogens (tertiary/aromatic N) is 1. The molecule has 0 bridgehead atoms. The Hall–Kier alpha value is -1.27. The summed E-state index contributed by atoms with van der Waals surface area (Å²) in [5.41, 5.74) is 0.716. The Morgan fingerprint density at radius 1 is 1.47 bits per heavy atom. The van der Waals surface area contributed by atoms with E-state index < -0.39 is 16.1 Å². The van der Waals surface area contributed by atoms with E-state index in [0.717, 1.165) is 0 Å². The van der Waals surface area contributed by atoms with Crippen molar-refractivity contribution in [1.29, 1.82) is 0 Å². The van der Waals surface area contributed by atoms with Gasteiger partial charge in [-0.25, -0.2) is 13.1 Å². The third-order valence-electron chi connectivity index (χ3n) is 2.32. The normalized spacial score (nSPS) is 13.3. The number of aryl methyl sites for hydroxylation is 1. The van der Waals surface area contributed by atoms with Crippen molar-refractivity contribution in [3.63, 3.8) is 0 Å². The summed E-state index contributed by atoms with van der Waals surface area (Å²) in [7, 11) is -3.43. The second-order valence-electron chi connectivity index (χ2n) is 3.84. The molecule has 6 heteroatoms. The van der Waals surface area contributed by atoms with Crippen LogP contribution in [0.3, 0.4) is 0 Å². The lowest BCUT2D eigenvalue weighted by atomic mass is 10.3. The molecule has 1 unspecified atom stereocenters. The van der Waals surface area contributed by atoms with E-state index in [1.807, 2.05) is 0 Å². The Kier molecular flexibility index (Phi) is 4.77. The topological polar surface area (TPSA) is 76.1 Å². The largest absolute Gasteiger partial charge is 0.298 e. The first-order valence-electron chi connectivity index (χ1n) is 5.31. The molecule has 0 aromatic carbocycles. The SMILES string of the molecule is CC(=O)C(C)NS(=O)(=O)CCc1ccccn1. The van der Waals surface area contributed by atoms with E-state index in [9.17, 15) is 13.2 Å². The minimum Gasteiger partial charge on any atom is -0.298 e. The second-order valence-corrected chi connectivity index (χ2v) is 5.71. The van der Waals surface area contributed by atoms with Crippen LogP contribution in [-0.4, -0.2) is 31.0 Å². The highest BCUT2D eigenvalue weighted by Gasteiger charge is 2.17. The van der Waals surface area contributed by atoms with Crippen LogP contribution < -0.4 is 4.72 Å². The molecule has 1 aromatic heterocycles. The highest BCUT2D eigenvalue weighted by atomic mass is 32.2. The Morgan fingerprint density at radius 2 is 2.18 bits per heavy atom. The monoisotopic (exact) mass is 256 g/mol. The first-order valence-corrected chi connectivity index (χ1v) is 6.96. The van der Waals surface area contributed by atoms with Gasteiger partial charge in [-0.2, -0.15) is 0 Å². The molecule has 0 radical (unpaired) electrons. The maximum atomic E-state index is 11.6. The van der Waals surface area contributed by atoms with Crippen molar-refractivity contribution >= 4 is 15.8 Å². The van der Waals surface area contributed by atoms with Gasteiger partial charge in [-0.15, -0.1) is 0 Å². The lowest BCUT2D eigenvalue weighted by molar-refractivity contribution is -0.118. The molecule has 0 saturated carbocycles. The molecule has 0 aliphatic heterocycles. The van der Waals surface area contributed by atoms with Crippen LogP contribution in [-0.2, 0) is 21.2 Å². The number of rotatable bonds is 6. The third-order valence-corrected chi connectivity index (χ3v) is 3.77. The maximum absolute atomic E-state index is 11.6. The molecule has 0 aliphatic carbocycles. The van der Waals surface area contributed by atoms with Crippen LogP contribution in [0.2, 0.25) is 0 Å². The van der Waals surface area contributed by atoms with E-state index >= 15 is 0 Å². The van der Waals surface area contributed by atoms with Crippen LogP contribution in [0.25, 0.3) is 0 Å². The summed E-state index contributed by atoms with van der Waals surface area (Å²) in [6.45, 7) is 2.88. The summed E-state index contributed by atoms with van der Waals surface area (Å²) in [4.78, 5) is 15.0. The van der Waals surface area contributed by atoms with Gasteiger partial charge in [0.15, 0.2) is 0 Å². The van der Waals surface area contributed by atoms with Crippen molar-refractivity contribution in [2.24, 2.45) is 0 Å². The molecule has 0 fully saturated rings. The summed E-state index contributed by atoms with van der Waals surface area (Å²) in [5, 5.41) is 0. The quantitative estimate of drug-likeness (QED) is 0.805. The van der Waals surface area contributed by atoms with Crippen LogP contribution in [0.15, 0.2) is 24.4 Å². The van der Waals surface area contributed by atoms with Crippen molar-refractivity contribution in [2.75, 3.05) is 5.75 Å². The van der Waals surface area contributed by atoms with Crippen LogP contribution in [0.1, 0.15) is 19.5 Å². The molecule has 1 atom stereocenters. The van der Waals surface area contributed by atoms with Gasteiger partial charge in [-0.1, -0.05) is 6.07 Å². The molecule has 1 heterocycles. The number of hydrogen-bond acceptors (Lipinski definition) is 4. The number of carbonyl (C=O) groups is 1. The van der Waals surface area contributed by atoms with E-state index in [-0.39, 0.29) is 11.5 Å². The Bertz CT molecular complexity index is 471. The molecular weight excluding hydrogens is 240 g/mol. The number of carbonyl (C=O) groups excluding carboxylic acids is 1. The predicted molar refractivity (Wildman–Crippen MR) is 65.0 cm³/mol. The predicted octanol–water partition coefficient (Wildman–Crippen LogP) is 0.521. The second kappa shape index (κ2) is 5.88. The van der Waals surface area contributed by atoms with Gasteiger partial charge < -0.3 is 0 Å². The molecule has 0 aliphatic rings. The minimum absolute atomic E-state index is 0.0678. The molecule has 17 heavy (non-hydrogen) atoms. The molecule has 1 aromatic rings. The number of ketones is 1. The zero-order valence-corrected chi connectivity index (χ0v) is 10.7. The Morgan fingerprint density at radius 3 is 2.71 bits per heavy atom. The number of aromatic nitrogens is 1. The molecule has 94 valence electrons. The average Bonchev–Trinajstić information content (AvgIpc) is 2.27. The fourth-order valence-corrected chi connectivity index (χ4v) is 2.50. The average molecular weight is 256 g/mol. The zero-order chi connectivity index (χ0) is 12.9. The van der Waals surface area contributed by atoms with E-state index in [2.05, 4.69) is 9.71 Å². The fourth-order valence-electron chi connectivity index (χ4n) is 1.20. The summed E-state index contributed by atoms with van der Waals surface area (Å²) in [5.74, 6) is -0.270. The van der Waals surface area contributed by atoms with Gasteiger partial charge in [0.05, 0.1) is 11.8 Å². The van der Waals surface area contributed by atoms with Gasteiger partial charge in [0.1, 0.15) is 5.78 Å². The Balaban J connectivity index is 2.54. The third kappa shape index (κ3) is 5.06. The summed E-state index contributed by atoms with van der Waals surface area (Å²) < 4.78 is 25.6. The number of Topliss-reactive ketones (excluding diaryl/α,β-unsaturated/α-hetero) is 1. The van der Waals surface area contributed by atoms with Crippen molar-refractivity contribution in [2.45, 2.75) is 26.3 Å². The molecule has 1 rings (SSSR count). The van der Waals surface area contributed by atoms with Gasteiger partial charge >= 0.3 is 0 Å². The van der Waals surface area contributed by atoms with Gasteiger partial charge in [0.25, 0.3) is 0 Å². The zero-order valence-electron chi connectivity index (χ0n) is 9.88. The van der Waals surface area contributed by atoms with Crippen molar-refractivity contribution < 1.29 is 13.2 Å². The van der Waals surface area contributed by atoms with Crippen molar-refractivity contribution in [3.8, 4) is 0 Å². The van der Waals surface area contributed by atoms with Gasteiger partial charge in [-0.3, -0.25) is 9.78 Å². The first-order chi connectivity index (χ1) is 7.91. The van der Waals surface area contributed by atoms with E-state index in [0.29, 0.717) is 12.1 Å². The standard InChI is InChI=1S/C11H16N2O3S/c1-9(10(2)14)13-17(15,16)8-6-11-5-3-4-7-12-11/h3-5,7,9,13H,6,8H2,1-2H3. The van der Waals surface area contributed by atoms with Gasteiger partial charge in [0.2, 0.25) is 10.0 Å². The summed E-state index contributed by atoms with van der Waals surface area (Å²) >= 11 is 0. The van der Waals surface area contributed by atoms with Crippen molar-refractivity contribution in [3.05, 3.63) is 30.1 Å². The molecule has 5 nitrogen and oxygen atoms in total. The van der Waals surface area contributed by atoms with E-state index in [4.69, 9.17) is 0 Å². The van der Waals surface area contributed by atoms with Crippen LogP contribution in [0.4, 0.5) is 0 Å². The molecule has 1 N–H and O–H groups in total. The minimum atomic E-state index is -3.43. The smallest absolute Gasteiger partial charge is 0.212 e. The van der Waals surface area contributed by atoms with Crippen LogP contribution in [0, 0.1) is 0 Å². The maximum Gasteiger partial charge on any atom is 0.212 e. The number of sulfonamides is 1. The lowest BCUT2D eigenvalue weighted by Crippen LogP contribution is -2.39. The first kappa shape index (κ1) is 13.8. The van der Waals surface area contributed by atoms with Crippen LogP contribution >= 0.6 is 0 Å². The highest BCUT2D eigenvalue weighted by molar-refractivity contribution is 7.89. The summed E-state index contributed by atoms with van der Waals surface area (Å²) in [6.07, 6.45) is 1.95. The van der Waals surface area contributed by atoms with Crippen molar-refractivity contribution in [1.82, 2.24) is 9.71 Å². The fraction of sp³-hybridized carbons (Fsp3) is 0.455. The molecule has 0 saturated heterocycles.